The highest BCUT2D eigenvalue weighted by molar-refractivity contribution is 4.93. The van der Waals surface area contributed by atoms with Crippen LogP contribution in [0.15, 0.2) is 5.18 Å². The second-order valence-electron chi connectivity index (χ2n) is 3.66. The zero-order chi connectivity index (χ0) is 6.97. The smallest absolute Gasteiger partial charge is 0.0842 e. The predicted octanol–water partition coefficient (Wildman–Crippen LogP) is 2.19. The maximum atomic E-state index is 9.95. The lowest BCUT2D eigenvalue weighted by Gasteiger charge is -2.38. The van der Waals surface area contributed by atoms with Gasteiger partial charge in [0.05, 0.1) is 6.54 Å². The van der Waals surface area contributed by atoms with Crippen molar-refractivity contribution in [3.05, 3.63) is 4.91 Å². The van der Waals surface area contributed by atoms with Crippen LogP contribution in [0.4, 0.5) is 0 Å². The summed E-state index contributed by atoms with van der Waals surface area (Å²) >= 11 is 0. The van der Waals surface area contributed by atoms with E-state index >= 15 is 0 Å². The monoisotopic (exact) mass is 139 g/mol. The van der Waals surface area contributed by atoms with E-state index in [1.165, 1.54) is 25.7 Å². The van der Waals surface area contributed by atoms with Crippen LogP contribution < -0.4 is 0 Å². The number of hydrogen-bond donors (Lipinski definition) is 0. The Hall–Kier alpha value is -0.400. The van der Waals surface area contributed by atoms with Gasteiger partial charge in [-0.25, -0.2) is 0 Å². The third kappa shape index (κ3) is 0.780. The van der Waals surface area contributed by atoms with E-state index in [4.69, 9.17) is 0 Å². The van der Waals surface area contributed by atoms with Gasteiger partial charge in [0, 0.05) is 0 Å². The van der Waals surface area contributed by atoms with Crippen molar-refractivity contribution in [2.75, 3.05) is 6.54 Å². The van der Waals surface area contributed by atoms with Crippen molar-refractivity contribution in [3.8, 4) is 0 Å². The van der Waals surface area contributed by atoms with Crippen molar-refractivity contribution in [2.45, 2.75) is 25.7 Å². The van der Waals surface area contributed by atoms with E-state index in [9.17, 15) is 4.91 Å². The molecular weight excluding hydrogens is 126 g/mol. The molecule has 56 valence electrons. The summed E-state index contributed by atoms with van der Waals surface area (Å²) in [5.74, 6) is 2.54. The molecule has 2 heteroatoms. The van der Waals surface area contributed by atoms with Gasteiger partial charge in [0.25, 0.3) is 0 Å². The standard InChI is InChI=1S/C8H13NO/c10-9-5-7-4-6-2-1-3-8(6)7/h6-8H,1-5H2. The summed E-state index contributed by atoms with van der Waals surface area (Å²) in [7, 11) is 0. The van der Waals surface area contributed by atoms with Gasteiger partial charge < -0.3 is 0 Å². The Morgan fingerprint density at radius 3 is 3.00 bits per heavy atom. The number of nitroso groups, excluding NO2 is 1. The summed E-state index contributed by atoms with van der Waals surface area (Å²) in [5, 5.41) is 2.97. The molecule has 0 aromatic heterocycles. The van der Waals surface area contributed by atoms with E-state index in [1.807, 2.05) is 0 Å². The SMILES string of the molecule is O=NCC1CC2CCCC21. The Labute approximate surface area is 61.0 Å². The van der Waals surface area contributed by atoms with Gasteiger partial charge in [-0.2, -0.15) is 4.91 Å². The molecule has 0 bridgehead atoms. The van der Waals surface area contributed by atoms with Crippen molar-refractivity contribution < 1.29 is 0 Å². The lowest BCUT2D eigenvalue weighted by atomic mass is 9.67. The molecule has 3 unspecified atom stereocenters. The lowest BCUT2D eigenvalue weighted by molar-refractivity contribution is 0.111. The van der Waals surface area contributed by atoms with Gasteiger partial charge in [0.1, 0.15) is 0 Å². The van der Waals surface area contributed by atoms with Gasteiger partial charge in [-0.15, -0.1) is 0 Å². The van der Waals surface area contributed by atoms with E-state index in [0.29, 0.717) is 12.5 Å². The summed E-state index contributed by atoms with van der Waals surface area (Å²) in [6.07, 6.45) is 5.46. The fourth-order valence-electron chi connectivity index (χ4n) is 2.65. The van der Waals surface area contributed by atoms with Gasteiger partial charge in [0.15, 0.2) is 0 Å². The van der Waals surface area contributed by atoms with Gasteiger partial charge >= 0.3 is 0 Å². The zero-order valence-electron chi connectivity index (χ0n) is 6.12. The molecule has 0 saturated heterocycles. The summed E-state index contributed by atoms with van der Waals surface area (Å²) in [6, 6.07) is 0. The minimum absolute atomic E-state index is 0.584. The molecule has 0 N–H and O–H groups in total. The molecule has 2 nitrogen and oxygen atoms in total. The van der Waals surface area contributed by atoms with E-state index in [2.05, 4.69) is 5.18 Å². The first-order valence-corrected chi connectivity index (χ1v) is 4.21. The molecule has 0 aromatic carbocycles. The Morgan fingerprint density at radius 1 is 1.40 bits per heavy atom. The fraction of sp³-hybridized carbons (Fsp3) is 1.00. The quantitative estimate of drug-likeness (QED) is 0.539. The average molecular weight is 139 g/mol. The highest BCUT2D eigenvalue weighted by Gasteiger charge is 2.43. The Balaban J connectivity index is 1.88. The van der Waals surface area contributed by atoms with Crippen LogP contribution in [0.5, 0.6) is 0 Å². The normalized spacial score (nSPS) is 44.2. The van der Waals surface area contributed by atoms with Gasteiger partial charge in [-0.1, -0.05) is 18.0 Å². The second kappa shape index (κ2) is 2.33. The molecule has 0 heterocycles. The van der Waals surface area contributed by atoms with E-state index < -0.39 is 0 Å². The number of hydrogen-bond acceptors (Lipinski definition) is 2. The topological polar surface area (TPSA) is 29.4 Å². The maximum Gasteiger partial charge on any atom is 0.0842 e. The van der Waals surface area contributed by atoms with Crippen LogP contribution >= 0.6 is 0 Å². The van der Waals surface area contributed by atoms with E-state index in [0.717, 1.165) is 11.8 Å². The molecule has 2 aliphatic carbocycles. The minimum Gasteiger partial charge on any atom is -0.151 e. The fourth-order valence-corrected chi connectivity index (χ4v) is 2.65. The molecule has 2 fully saturated rings. The van der Waals surface area contributed by atoms with Crippen LogP contribution in [0, 0.1) is 22.7 Å². The summed E-state index contributed by atoms with van der Waals surface area (Å²) < 4.78 is 0. The van der Waals surface area contributed by atoms with Gasteiger partial charge in [-0.3, -0.25) is 0 Å². The van der Waals surface area contributed by atoms with Crippen LogP contribution in [0.3, 0.4) is 0 Å². The Morgan fingerprint density at radius 2 is 2.30 bits per heavy atom. The lowest BCUT2D eigenvalue weighted by Crippen LogP contribution is -2.34. The number of rotatable bonds is 2. The molecule has 10 heavy (non-hydrogen) atoms. The first kappa shape index (κ1) is 6.32. The van der Waals surface area contributed by atoms with Crippen molar-refractivity contribution in [3.63, 3.8) is 0 Å². The zero-order valence-corrected chi connectivity index (χ0v) is 6.12. The molecule has 2 rings (SSSR count). The van der Waals surface area contributed by atoms with Crippen molar-refractivity contribution >= 4 is 0 Å². The van der Waals surface area contributed by atoms with Gasteiger partial charge in [-0.05, 0) is 30.6 Å². The molecule has 0 amide bonds. The summed E-state index contributed by atoms with van der Waals surface area (Å²) in [5.41, 5.74) is 0. The average Bonchev–Trinajstić information content (AvgIpc) is 2.26. The summed E-state index contributed by atoms with van der Waals surface area (Å²) in [4.78, 5) is 9.95. The Bertz CT molecular complexity index is 146. The molecule has 0 aliphatic heterocycles. The second-order valence-corrected chi connectivity index (χ2v) is 3.66. The van der Waals surface area contributed by atoms with Crippen LogP contribution in [0.2, 0.25) is 0 Å². The van der Waals surface area contributed by atoms with Crippen molar-refractivity contribution in [2.24, 2.45) is 22.9 Å². The molecule has 0 spiro atoms. The van der Waals surface area contributed by atoms with Crippen LogP contribution in [-0.4, -0.2) is 6.54 Å². The molecule has 3 atom stereocenters. The minimum atomic E-state index is 0.584. The Kier molecular flexibility index (Phi) is 1.47. The highest BCUT2D eigenvalue weighted by atomic mass is 16.3. The highest BCUT2D eigenvalue weighted by Crippen LogP contribution is 2.50. The van der Waals surface area contributed by atoms with Crippen LogP contribution in [-0.2, 0) is 0 Å². The van der Waals surface area contributed by atoms with Gasteiger partial charge in [0.2, 0.25) is 0 Å². The third-order valence-corrected chi connectivity index (χ3v) is 3.24. The van der Waals surface area contributed by atoms with E-state index in [1.54, 1.807) is 0 Å². The van der Waals surface area contributed by atoms with Crippen molar-refractivity contribution in [1.29, 1.82) is 0 Å². The first-order valence-electron chi connectivity index (χ1n) is 4.21. The predicted molar refractivity (Wildman–Crippen MR) is 39.6 cm³/mol. The van der Waals surface area contributed by atoms with Crippen LogP contribution in [0.25, 0.3) is 0 Å². The molecule has 2 saturated carbocycles. The largest absolute Gasteiger partial charge is 0.151 e. The first-order chi connectivity index (χ1) is 4.92. The number of fused-ring (bicyclic) bond motifs is 1. The summed E-state index contributed by atoms with van der Waals surface area (Å²) in [6.45, 7) is 0.584. The van der Waals surface area contributed by atoms with E-state index in [-0.39, 0.29) is 0 Å². The molecular formula is C8H13NO. The van der Waals surface area contributed by atoms with Crippen LogP contribution in [0.1, 0.15) is 25.7 Å². The molecule has 2 aliphatic rings. The number of nitrogens with zero attached hydrogens (tertiary/aromatic N) is 1. The van der Waals surface area contributed by atoms with Crippen molar-refractivity contribution in [1.82, 2.24) is 0 Å². The molecule has 0 radical (unpaired) electrons. The third-order valence-electron chi connectivity index (χ3n) is 3.24. The maximum absolute atomic E-state index is 9.95. The molecule has 0 aromatic rings.